The predicted octanol–water partition coefficient (Wildman–Crippen LogP) is 2.56. The normalized spacial score (nSPS) is 9.08. The molecule has 0 spiro atoms. The quantitative estimate of drug-likeness (QED) is 0.451. The number of anilines is 1. The van der Waals surface area contributed by atoms with Gasteiger partial charge in [-0.25, -0.2) is 0 Å². The standard InChI is InChI=1S/C7H7ClN2O2.ClH/c1-4-2-7(10(11)12)6(9)3-5(4)8;/h2-3H,9H2,1H3;1H. The molecule has 4 nitrogen and oxygen atoms in total. The second-order valence-corrected chi connectivity index (χ2v) is 2.82. The van der Waals surface area contributed by atoms with Gasteiger partial charge in [-0.1, -0.05) is 11.6 Å². The predicted molar refractivity (Wildman–Crippen MR) is 54.5 cm³/mol. The zero-order valence-corrected chi connectivity index (χ0v) is 8.35. The van der Waals surface area contributed by atoms with Crippen molar-refractivity contribution in [1.82, 2.24) is 0 Å². The molecule has 0 saturated heterocycles. The van der Waals surface area contributed by atoms with Crippen LogP contribution in [0.25, 0.3) is 0 Å². The van der Waals surface area contributed by atoms with Gasteiger partial charge in [0.15, 0.2) is 0 Å². The van der Waals surface area contributed by atoms with E-state index in [1.165, 1.54) is 12.1 Å². The van der Waals surface area contributed by atoms with E-state index in [1.807, 2.05) is 0 Å². The molecule has 0 radical (unpaired) electrons. The number of hydrogen-bond acceptors (Lipinski definition) is 3. The van der Waals surface area contributed by atoms with Crippen LogP contribution in [0.5, 0.6) is 0 Å². The van der Waals surface area contributed by atoms with Crippen molar-refractivity contribution in [2.75, 3.05) is 5.73 Å². The Morgan fingerprint density at radius 3 is 2.54 bits per heavy atom. The maximum atomic E-state index is 10.4. The van der Waals surface area contributed by atoms with Crippen LogP contribution in [0.1, 0.15) is 5.56 Å². The largest absolute Gasteiger partial charge is 0.393 e. The highest BCUT2D eigenvalue weighted by molar-refractivity contribution is 6.31. The fraction of sp³-hybridized carbons (Fsp3) is 0.143. The van der Waals surface area contributed by atoms with Gasteiger partial charge >= 0.3 is 0 Å². The number of rotatable bonds is 1. The molecule has 13 heavy (non-hydrogen) atoms. The molecule has 0 aromatic heterocycles. The summed E-state index contributed by atoms with van der Waals surface area (Å²) in [7, 11) is 0. The third kappa shape index (κ3) is 2.47. The second kappa shape index (κ2) is 4.30. The maximum Gasteiger partial charge on any atom is 0.292 e. The lowest BCUT2D eigenvalue weighted by atomic mass is 10.2. The lowest BCUT2D eigenvalue weighted by Crippen LogP contribution is -1.96. The fourth-order valence-corrected chi connectivity index (χ4v) is 1.01. The maximum absolute atomic E-state index is 10.4. The highest BCUT2D eigenvalue weighted by atomic mass is 35.5. The molecule has 0 saturated carbocycles. The van der Waals surface area contributed by atoms with Gasteiger partial charge in [-0.2, -0.15) is 0 Å². The third-order valence-electron chi connectivity index (χ3n) is 1.50. The Labute approximate surface area is 86.2 Å². The molecule has 0 heterocycles. The van der Waals surface area contributed by atoms with Crippen LogP contribution in [0, 0.1) is 17.0 Å². The summed E-state index contributed by atoms with van der Waals surface area (Å²) < 4.78 is 0. The molecule has 1 aromatic carbocycles. The van der Waals surface area contributed by atoms with Crippen LogP contribution in [0.4, 0.5) is 11.4 Å². The number of nitrogens with zero attached hydrogens (tertiary/aromatic N) is 1. The van der Waals surface area contributed by atoms with Gasteiger partial charge in [0, 0.05) is 11.1 Å². The monoisotopic (exact) mass is 222 g/mol. The zero-order chi connectivity index (χ0) is 9.30. The molecule has 1 aromatic rings. The molecule has 72 valence electrons. The van der Waals surface area contributed by atoms with Crippen LogP contribution >= 0.6 is 24.0 Å². The first-order chi connectivity index (χ1) is 5.52. The van der Waals surface area contributed by atoms with Gasteiger partial charge < -0.3 is 5.73 Å². The van der Waals surface area contributed by atoms with Gasteiger partial charge in [0.2, 0.25) is 0 Å². The highest BCUT2D eigenvalue weighted by Gasteiger charge is 2.12. The van der Waals surface area contributed by atoms with Gasteiger partial charge in [0.05, 0.1) is 4.92 Å². The van der Waals surface area contributed by atoms with Crippen molar-refractivity contribution in [1.29, 1.82) is 0 Å². The molecule has 0 atom stereocenters. The van der Waals surface area contributed by atoms with E-state index in [-0.39, 0.29) is 23.8 Å². The van der Waals surface area contributed by atoms with Crippen LogP contribution in [-0.2, 0) is 0 Å². The number of hydrogen-bond donors (Lipinski definition) is 1. The molecule has 0 unspecified atom stereocenters. The van der Waals surface area contributed by atoms with Crippen molar-refractivity contribution in [3.05, 3.63) is 32.8 Å². The number of nitrogens with two attached hydrogens (primary N) is 1. The molecular formula is C7H8Cl2N2O2. The Kier molecular flexibility index (Phi) is 3.97. The summed E-state index contributed by atoms with van der Waals surface area (Å²) >= 11 is 5.69. The third-order valence-corrected chi connectivity index (χ3v) is 1.91. The minimum absolute atomic E-state index is 0. The van der Waals surface area contributed by atoms with Crippen molar-refractivity contribution in [3.8, 4) is 0 Å². The number of nitrogen functional groups attached to an aromatic ring is 1. The first kappa shape index (κ1) is 12.0. The number of halogens is 2. The van der Waals surface area contributed by atoms with Gasteiger partial charge in [-0.05, 0) is 18.6 Å². The minimum Gasteiger partial charge on any atom is -0.393 e. The van der Waals surface area contributed by atoms with Crippen LogP contribution < -0.4 is 5.73 Å². The molecule has 6 heteroatoms. The molecule has 0 bridgehead atoms. The molecule has 0 aliphatic carbocycles. The van der Waals surface area contributed by atoms with E-state index in [4.69, 9.17) is 17.3 Å². The summed E-state index contributed by atoms with van der Waals surface area (Å²) in [6.45, 7) is 1.69. The van der Waals surface area contributed by atoms with Gasteiger partial charge in [-0.15, -0.1) is 12.4 Å². The first-order valence-electron chi connectivity index (χ1n) is 3.22. The van der Waals surface area contributed by atoms with E-state index in [9.17, 15) is 10.1 Å². The summed E-state index contributed by atoms with van der Waals surface area (Å²) in [5, 5.41) is 10.8. The van der Waals surface area contributed by atoms with E-state index in [0.717, 1.165) is 0 Å². The summed E-state index contributed by atoms with van der Waals surface area (Å²) in [4.78, 5) is 9.84. The molecule has 1 rings (SSSR count). The van der Waals surface area contributed by atoms with Gasteiger partial charge in [0.25, 0.3) is 5.69 Å². The van der Waals surface area contributed by atoms with Crippen LogP contribution in [0.15, 0.2) is 12.1 Å². The van der Waals surface area contributed by atoms with Crippen molar-refractivity contribution in [2.24, 2.45) is 0 Å². The Bertz CT molecular complexity index is 342. The number of benzene rings is 1. The van der Waals surface area contributed by atoms with Gasteiger partial charge in [0.1, 0.15) is 5.69 Å². The van der Waals surface area contributed by atoms with Crippen LogP contribution in [-0.4, -0.2) is 4.92 Å². The molecule has 0 amide bonds. The van der Waals surface area contributed by atoms with E-state index >= 15 is 0 Å². The first-order valence-corrected chi connectivity index (χ1v) is 3.60. The Morgan fingerprint density at radius 1 is 1.54 bits per heavy atom. The van der Waals surface area contributed by atoms with E-state index < -0.39 is 4.92 Å². The number of nitro groups is 1. The summed E-state index contributed by atoms with van der Waals surface area (Å²) in [6.07, 6.45) is 0. The fourth-order valence-electron chi connectivity index (χ4n) is 0.840. The number of aryl methyl sites for hydroxylation is 1. The minimum atomic E-state index is -0.529. The number of nitro benzene ring substituents is 1. The van der Waals surface area contributed by atoms with Crippen molar-refractivity contribution in [2.45, 2.75) is 6.92 Å². The molecular weight excluding hydrogens is 215 g/mol. The topological polar surface area (TPSA) is 69.2 Å². The Morgan fingerprint density at radius 2 is 2.08 bits per heavy atom. The zero-order valence-electron chi connectivity index (χ0n) is 6.78. The van der Waals surface area contributed by atoms with Crippen LogP contribution in [0.3, 0.4) is 0 Å². The van der Waals surface area contributed by atoms with Crippen molar-refractivity contribution < 1.29 is 4.92 Å². The van der Waals surface area contributed by atoms with Gasteiger partial charge in [-0.3, -0.25) is 10.1 Å². The average molecular weight is 223 g/mol. The molecule has 0 aliphatic rings. The summed E-state index contributed by atoms with van der Waals surface area (Å²) in [6, 6.07) is 2.74. The van der Waals surface area contributed by atoms with E-state index in [0.29, 0.717) is 10.6 Å². The SMILES string of the molecule is Cc1cc([N+](=O)[O-])c(N)cc1Cl.Cl. The molecule has 0 aliphatic heterocycles. The lowest BCUT2D eigenvalue weighted by Gasteiger charge is -2.00. The smallest absolute Gasteiger partial charge is 0.292 e. The summed E-state index contributed by atoms with van der Waals surface area (Å²) in [5.74, 6) is 0. The Balaban J connectivity index is 0.00000144. The van der Waals surface area contributed by atoms with Crippen molar-refractivity contribution in [3.63, 3.8) is 0 Å². The van der Waals surface area contributed by atoms with Crippen LogP contribution in [0.2, 0.25) is 5.02 Å². The highest BCUT2D eigenvalue weighted by Crippen LogP contribution is 2.27. The molecule has 0 fully saturated rings. The summed E-state index contributed by atoms with van der Waals surface area (Å²) in [5.41, 5.74) is 6.01. The van der Waals surface area contributed by atoms with E-state index in [1.54, 1.807) is 6.92 Å². The average Bonchev–Trinajstić information content (AvgIpc) is 1.96. The Hall–Kier alpha value is -1.00. The lowest BCUT2D eigenvalue weighted by molar-refractivity contribution is -0.383. The van der Waals surface area contributed by atoms with E-state index in [2.05, 4.69) is 0 Å². The van der Waals surface area contributed by atoms with Crippen molar-refractivity contribution >= 4 is 35.4 Å². The molecule has 2 N–H and O–H groups in total. The second-order valence-electron chi connectivity index (χ2n) is 2.42.